The lowest BCUT2D eigenvalue weighted by Gasteiger charge is -2.45. The molecular formula is C14H28N2O. The summed E-state index contributed by atoms with van der Waals surface area (Å²) in [6.45, 7) is 2.34. The summed E-state index contributed by atoms with van der Waals surface area (Å²) in [6, 6.07) is 0.338. The van der Waals surface area contributed by atoms with Gasteiger partial charge >= 0.3 is 0 Å². The molecule has 1 atom stereocenters. The van der Waals surface area contributed by atoms with Gasteiger partial charge < -0.3 is 4.74 Å². The third kappa shape index (κ3) is 2.83. The second-order valence-corrected chi connectivity index (χ2v) is 6.20. The minimum absolute atomic E-state index is 0.00312. The lowest BCUT2D eigenvalue weighted by molar-refractivity contribution is -0.0817. The van der Waals surface area contributed by atoms with Crippen LogP contribution >= 0.6 is 0 Å². The molecule has 0 aromatic heterocycles. The van der Waals surface area contributed by atoms with Gasteiger partial charge in [0.1, 0.15) is 0 Å². The van der Waals surface area contributed by atoms with Crippen LogP contribution in [-0.2, 0) is 4.74 Å². The number of methoxy groups -OCH3 is 1. The summed E-state index contributed by atoms with van der Waals surface area (Å²) >= 11 is 0. The van der Waals surface area contributed by atoms with E-state index < -0.39 is 0 Å². The van der Waals surface area contributed by atoms with E-state index in [0.29, 0.717) is 6.04 Å². The van der Waals surface area contributed by atoms with Crippen molar-refractivity contribution in [3.8, 4) is 0 Å². The first-order valence-corrected chi connectivity index (χ1v) is 7.21. The van der Waals surface area contributed by atoms with Crippen molar-refractivity contribution in [2.45, 2.75) is 69.9 Å². The average Bonchev–Trinajstić information content (AvgIpc) is 2.30. The smallest absolute Gasteiger partial charge is 0.0844 e. The van der Waals surface area contributed by atoms with Crippen molar-refractivity contribution >= 4 is 0 Å². The molecule has 2 fully saturated rings. The molecule has 0 heterocycles. The molecule has 0 spiro atoms. The highest BCUT2D eigenvalue weighted by molar-refractivity contribution is 4.97. The second kappa shape index (κ2) is 5.68. The van der Waals surface area contributed by atoms with E-state index in [1.54, 1.807) is 0 Å². The summed E-state index contributed by atoms with van der Waals surface area (Å²) in [7, 11) is 1.86. The predicted molar refractivity (Wildman–Crippen MR) is 70.4 cm³/mol. The van der Waals surface area contributed by atoms with E-state index in [-0.39, 0.29) is 5.60 Å². The van der Waals surface area contributed by atoms with Crippen molar-refractivity contribution in [3.63, 3.8) is 0 Å². The number of nitrogens with one attached hydrogen (secondary N) is 1. The Bertz CT molecular complexity index is 232. The molecule has 0 aliphatic heterocycles. The zero-order chi connectivity index (χ0) is 12.3. The number of ether oxygens (including phenoxy) is 1. The predicted octanol–water partition coefficient (Wildman–Crippen LogP) is 2.60. The van der Waals surface area contributed by atoms with Gasteiger partial charge in [0.05, 0.1) is 11.6 Å². The van der Waals surface area contributed by atoms with Gasteiger partial charge in [-0.3, -0.25) is 11.3 Å². The topological polar surface area (TPSA) is 47.3 Å². The van der Waals surface area contributed by atoms with Crippen LogP contribution < -0.4 is 11.3 Å². The Morgan fingerprint density at radius 2 is 1.94 bits per heavy atom. The summed E-state index contributed by atoms with van der Waals surface area (Å²) in [5.74, 6) is 7.52. The van der Waals surface area contributed by atoms with Gasteiger partial charge in [0.25, 0.3) is 0 Å². The largest absolute Gasteiger partial charge is 0.377 e. The van der Waals surface area contributed by atoms with E-state index >= 15 is 0 Å². The zero-order valence-electron chi connectivity index (χ0n) is 11.4. The molecule has 1 unspecified atom stereocenters. The molecular weight excluding hydrogens is 212 g/mol. The van der Waals surface area contributed by atoms with Crippen molar-refractivity contribution in [2.75, 3.05) is 7.11 Å². The van der Waals surface area contributed by atoms with E-state index in [9.17, 15) is 0 Å². The Balaban J connectivity index is 1.97. The van der Waals surface area contributed by atoms with E-state index in [1.165, 1.54) is 38.5 Å². The second-order valence-electron chi connectivity index (χ2n) is 6.20. The van der Waals surface area contributed by atoms with Crippen LogP contribution in [0.25, 0.3) is 0 Å². The first-order valence-electron chi connectivity index (χ1n) is 7.21. The zero-order valence-corrected chi connectivity index (χ0v) is 11.4. The number of nitrogens with two attached hydrogens (primary N) is 1. The van der Waals surface area contributed by atoms with Crippen molar-refractivity contribution in [1.29, 1.82) is 0 Å². The highest BCUT2D eigenvalue weighted by Crippen LogP contribution is 2.40. The Morgan fingerprint density at radius 3 is 2.35 bits per heavy atom. The number of hydrogen-bond donors (Lipinski definition) is 2. The third-order valence-electron chi connectivity index (χ3n) is 5.16. The molecule has 3 heteroatoms. The standard InChI is InChI=1S/C14H28N2O/c1-11-6-8-14(17-2,9-7-11)13(16-15)10-12-4-3-5-12/h11-13,16H,3-10,15H2,1-2H3. The summed E-state index contributed by atoms with van der Waals surface area (Å²) in [4.78, 5) is 0. The van der Waals surface area contributed by atoms with Gasteiger partial charge in [-0.15, -0.1) is 0 Å². The van der Waals surface area contributed by atoms with Gasteiger partial charge in [-0.05, 0) is 43.9 Å². The lowest BCUT2D eigenvalue weighted by atomic mass is 9.70. The molecule has 2 saturated carbocycles. The van der Waals surface area contributed by atoms with Crippen molar-refractivity contribution in [1.82, 2.24) is 5.43 Å². The first kappa shape index (κ1) is 13.3. The maximum atomic E-state index is 5.91. The van der Waals surface area contributed by atoms with Crippen LogP contribution in [0.15, 0.2) is 0 Å². The van der Waals surface area contributed by atoms with Crippen LogP contribution in [0.2, 0.25) is 0 Å². The molecule has 3 nitrogen and oxygen atoms in total. The summed E-state index contributed by atoms with van der Waals surface area (Å²) in [5.41, 5.74) is 3.05. The molecule has 100 valence electrons. The molecule has 0 aromatic rings. The van der Waals surface area contributed by atoms with E-state index in [4.69, 9.17) is 10.6 Å². The lowest BCUT2D eigenvalue weighted by Crippen LogP contribution is -2.57. The summed E-state index contributed by atoms with van der Waals surface area (Å²) in [6.07, 6.45) is 10.2. The summed E-state index contributed by atoms with van der Waals surface area (Å²) < 4.78 is 5.91. The first-order chi connectivity index (χ1) is 8.20. The summed E-state index contributed by atoms with van der Waals surface area (Å²) in [5, 5.41) is 0. The Hall–Kier alpha value is -0.120. The highest BCUT2D eigenvalue weighted by atomic mass is 16.5. The molecule has 2 rings (SSSR count). The highest BCUT2D eigenvalue weighted by Gasteiger charge is 2.42. The van der Waals surface area contributed by atoms with Gasteiger partial charge in [0.2, 0.25) is 0 Å². The van der Waals surface area contributed by atoms with Gasteiger partial charge in [-0.2, -0.15) is 0 Å². The Labute approximate surface area is 105 Å². The molecule has 0 aromatic carbocycles. The van der Waals surface area contributed by atoms with Gasteiger partial charge in [0.15, 0.2) is 0 Å². The van der Waals surface area contributed by atoms with Gasteiger partial charge in [-0.25, -0.2) is 0 Å². The number of rotatable bonds is 5. The van der Waals surface area contributed by atoms with Crippen LogP contribution in [0.3, 0.4) is 0 Å². The molecule has 0 radical (unpaired) electrons. The van der Waals surface area contributed by atoms with Crippen molar-refractivity contribution < 1.29 is 4.74 Å². The quantitative estimate of drug-likeness (QED) is 0.573. The van der Waals surface area contributed by atoms with E-state index in [2.05, 4.69) is 12.3 Å². The Morgan fingerprint density at radius 1 is 1.29 bits per heavy atom. The molecule has 17 heavy (non-hydrogen) atoms. The SMILES string of the molecule is COC1(C(CC2CCC2)NN)CCC(C)CC1. The minimum atomic E-state index is -0.00312. The minimum Gasteiger partial charge on any atom is -0.377 e. The normalized spacial score (nSPS) is 36.5. The number of hydrogen-bond acceptors (Lipinski definition) is 3. The van der Waals surface area contributed by atoms with Crippen LogP contribution in [0.1, 0.15) is 58.3 Å². The number of hydrazine groups is 1. The molecule has 2 aliphatic rings. The maximum Gasteiger partial charge on any atom is 0.0844 e. The monoisotopic (exact) mass is 240 g/mol. The van der Waals surface area contributed by atoms with E-state index in [0.717, 1.165) is 24.7 Å². The van der Waals surface area contributed by atoms with Gasteiger partial charge in [-0.1, -0.05) is 26.2 Å². The van der Waals surface area contributed by atoms with Crippen LogP contribution in [0.5, 0.6) is 0 Å². The van der Waals surface area contributed by atoms with Crippen LogP contribution in [0.4, 0.5) is 0 Å². The van der Waals surface area contributed by atoms with E-state index in [1.807, 2.05) is 7.11 Å². The van der Waals surface area contributed by atoms with Crippen molar-refractivity contribution in [3.05, 3.63) is 0 Å². The Kier molecular flexibility index (Phi) is 4.45. The molecule has 3 N–H and O–H groups in total. The van der Waals surface area contributed by atoms with Crippen LogP contribution in [0, 0.1) is 11.8 Å². The molecule has 0 bridgehead atoms. The van der Waals surface area contributed by atoms with Gasteiger partial charge in [0, 0.05) is 7.11 Å². The fraction of sp³-hybridized carbons (Fsp3) is 1.00. The third-order valence-corrected chi connectivity index (χ3v) is 5.16. The molecule has 0 amide bonds. The fourth-order valence-corrected chi connectivity index (χ4v) is 3.44. The molecule has 2 aliphatic carbocycles. The van der Waals surface area contributed by atoms with Crippen LogP contribution in [-0.4, -0.2) is 18.8 Å². The average molecular weight is 240 g/mol. The maximum absolute atomic E-state index is 5.91. The van der Waals surface area contributed by atoms with Crippen molar-refractivity contribution in [2.24, 2.45) is 17.7 Å². The molecule has 0 saturated heterocycles. The fourth-order valence-electron chi connectivity index (χ4n) is 3.44.